The Kier molecular flexibility index (Phi) is 4.60. The van der Waals surface area contributed by atoms with Crippen molar-refractivity contribution in [2.24, 2.45) is 7.05 Å². The van der Waals surface area contributed by atoms with E-state index in [-0.39, 0.29) is 17.3 Å². The summed E-state index contributed by atoms with van der Waals surface area (Å²) in [5.74, 6) is -1.54. The lowest BCUT2D eigenvalue weighted by Crippen LogP contribution is -2.26. The predicted molar refractivity (Wildman–Crippen MR) is 72.9 cm³/mol. The maximum atomic E-state index is 11.8. The molecule has 2 N–H and O–H groups in total. The Morgan fingerprint density at radius 1 is 1.24 bits per heavy atom. The van der Waals surface area contributed by atoms with Gasteiger partial charge in [0.05, 0.1) is 18.6 Å². The van der Waals surface area contributed by atoms with E-state index < -0.39 is 5.97 Å². The van der Waals surface area contributed by atoms with Gasteiger partial charge in [-0.3, -0.25) is 9.48 Å². The van der Waals surface area contributed by atoms with Crippen LogP contribution in [-0.2, 0) is 13.5 Å². The molecule has 2 aromatic heterocycles. The van der Waals surface area contributed by atoms with E-state index in [2.05, 4.69) is 20.4 Å². The number of carbonyl (C=O) groups is 2. The lowest BCUT2D eigenvalue weighted by atomic mass is 10.2. The normalized spacial score (nSPS) is 10.3. The molecule has 21 heavy (non-hydrogen) atoms. The molecular formula is C13H15N5O3. The Bertz CT molecular complexity index is 636. The lowest BCUT2D eigenvalue weighted by molar-refractivity contribution is 0.0689. The zero-order chi connectivity index (χ0) is 15.2. The van der Waals surface area contributed by atoms with E-state index in [4.69, 9.17) is 5.11 Å². The first-order valence-corrected chi connectivity index (χ1v) is 6.37. The van der Waals surface area contributed by atoms with Crippen molar-refractivity contribution in [1.82, 2.24) is 25.1 Å². The first-order chi connectivity index (χ1) is 10.1. The molecule has 2 aromatic rings. The molecule has 0 fully saturated rings. The molecule has 2 rings (SSSR count). The van der Waals surface area contributed by atoms with Crippen LogP contribution in [0.4, 0.5) is 0 Å². The van der Waals surface area contributed by atoms with E-state index in [0.717, 1.165) is 30.8 Å². The lowest BCUT2D eigenvalue weighted by Gasteiger charge is -2.03. The first-order valence-electron chi connectivity index (χ1n) is 6.37. The zero-order valence-electron chi connectivity index (χ0n) is 11.5. The van der Waals surface area contributed by atoms with Gasteiger partial charge >= 0.3 is 5.97 Å². The topological polar surface area (TPSA) is 110 Å². The van der Waals surface area contributed by atoms with Gasteiger partial charge in [-0.1, -0.05) is 0 Å². The van der Waals surface area contributed by atoms with Crippen LogP contribution >= 0.6 is 0 Å². The number of aromatic nitrogens is 4. The quantitative estimate of drug-likeness (QED) is 0.739. The molecule has 0 aliphatic carbocycles. The second-order valence-electron chi connectivity index (χ2n) is 4.47. The number of aromatic carboxylic acids is 1. The Balaban J connectivity index is 1.77. The summed E-state index contributed by atoms with van der Waals surface area (Å²) in [6, 6.07) is 0. The van der Waals surface area contributed by atoms with Gasteiger partial charge in [0.1, 0.15) is 5.69 Å². The van der Waals surface area contributed by atoms with Crippen molar-refractivity contribution in [2.45, 2.75) is 12.8 Å². The maximum absolute atomic E-state index is 11.8. The predicted octanol–water partition coefficient (Wildman–Crippen LogP) is 0.271. The minimum atomic E-state index is -1.18. The van der Waals surface area contributed by atoms with Crippen LogP contribution in [-0.4, -0.2) is 43.3 Å². The molecule has 0 radical (unpaired) electrons. The molecule has 110 valence electrons. The molecular weight excluding hydrogens is 274 g/mol. The number of rotatable bonds is 6. The smallest absolute Gasteiger partial charge is 0.356 e. The van der Waals surface area contributed by atoms with Crippen LogP contribution in [0.5, 0.6) is 0 Å². The zero-order valence-corrected chi connectivity index (χ0v) is 11.5. The fraction of sp³-hybridized carbons (Fsp3) is 0.308. The van der Waals surface area contributed by atoms with Crippen LogP contribution in [0.25, 0.3) is 0 Å². The van der Waals surface area contributed by atoms with Crippen LogP contribution in [0.15, 0.2) is 24.8 Å². The monoisotopic (exact) mass is 289 g/mol. The van der Waals surface area contributed by atoms with E-state index in [1.54, 1.807) is 10.9 Å². The van der Waals surface area contributed by atoms with Gasteiger partial charge in [0.25, 0.3) is 5.91 Å². The van der Waals surface area contributed by atoms with Gasteiger partial charge in [-0.05, 0) is 18.4 Å². The average molecular weight is 289 g/mol. The highest BCUT2D eigenvalue weighted by atomic mass is 16.4. The molecule has 0 bridgehead atoms. The number of aryl methyl sites for hydroxylation is 2. The molecule has 0 aliphatic rings. The molecule has 1 amide bonds. The molecule has 0 atom stereocenters. The van der Waals surface area contributed by atoms with Gasteiger partial charge in [0.15, 0.2) is 5.69 Å². The van der Waals surface area contributed by atoms with E-state index in [9.17, 15) is 9.59 Å². The molecule has 8 heteroatoms. The second-order valence-corrected chi connectivity index (χ2v) is 4.47. The SMILES string of the molecule is Cn1cc(CCCNC(=O)c2cnc(C(=O)O)cn2)cn1. The minimum Gasteiger partial charge on any atom is -0.476 e. The fourth-order valence-electron chi connectivity index (χ4n) is 1.74. The van der Waals surface area contributed by atoms with Crippen molar-refractivity contribution in [2.75, 3.05) is 6.54 Å². The molecule has 0 saturated carbocycles. The van der Waals surface area contributed by atoms with Crippen molar-refractivity contribution < 1.29 is 14.7 Å². The van der Waals surface area contributed by atoms with Crippen molar-refractivity contribution in [1.29, 1.82) is 0 Å². The van der Waals surface area contributed by atoms with Gasteiger partial charge in [0.2, 0.25) is 0 Å². The maximum Gasteiger partial charge on any atom is 0.356 e. The molecule has 0 unspecified atom stereocenters. The van der Waals surface area contributed by atoms with Crippen molar-refractivity contribution in [3.63, 3.8) is 0 Å². The summed E-state index contributed by atoms with van der Waals surface area (Å²) in [7, 11) is 1.85. The Morgan fingerprint density at radius 2 is 1.95 bits per heavy atom. The molecule has 0 saturated heterocycles. The Hall–Kier alpha value is -2.77. The van der Waals surface area contributed by atoms with Crippen LogP contribution < -0.4 is 5.32 Å². The summed E-state index contributed by atoms with van der Waals surface area (Å²) in [6.45, 7) is 0.496. The molecule has 0 spiro atoms. The summed E-state index contributed by atoms with van der Waals surface area (Å²) in [5.41, 5.74) is 1.02. The van der Waals surface area contributed by atoms with Crippen LogP contribution in [0.1, 0.15) is 33.0 Å². The van der Waals surface area contributed by atoms with Crippen molar-refractivity contribution in [3.8, 4) is 0 Å². The highest BCUT2D eigenvalue weighted by Crippen LogP contribution is 2.00. The number of carbonyl (C=O) groups excluding carboxylic acids is 1. The second kappa shape index (κ2) is 6.60. The summed E-state index contributed by atoms with van der Waals surface area (Å²) < 4.78 is 1.73. The third-order valence-corrected chi connectivity index (χ3v) is 2.79. The van der Waals surface area contributed by atoms with Crippen molar-refractivity contribution >= 4 is 11.9 Å². The largest absolute Gasteiger partial charge is 0.476 e. The van der Waals surface area contributed by atoms with E-state index in [1.807, 2.05) is 13.2 Å². The van der Waals surface area contributed by atoms with Gasteiger partial charge in [-0.2, -0.15) is 5.10 Å². The molecule has 8 nitrogen and oxygen atoms in total. The number of hydrogen-bond acceptors (Lipinski definition) is 5. The third-order valence-electron chi connectivity index (χ3n) is 2.79. The summed E-state index contributed by atoms with van der Waals surface area (Å²) in [6.07, 6.45) is 7.53. The average Bonchev–Trinajstić information content (AvgIpc) is 2.89. The Morgan fingerprint density at radius 3 is 2.52 bits per heavy atom. The van der Waals surface area contributed by atoms with Crippen LogP contribution in [0, 0.1) is 0 Å². The Labute approximate surface area is 120 Å². The van der Waals surface area contributed by atoms with Gasteiger partial charge < -0.3 is 10.4 Å². The van der Waals surface area contributed by atoms with Gasteiger partial charge in [-0.25, -0.2) is 14.8 Å². The third kappa shape index (κ3) is 4.10. The standard InChI is InChI=1S/C13H15N5O3/c1-18-8-9(5-17-18)3-2-4-14-12(19)10-6-16-11(7-15-10)13(20)21/h5-8H,2-4H2,1H3,(H,14,19)(H,20,21). The summed E-state index contributed by atoms with van der Waals surface area (Å²) >= 11 is 0. The highest BCUT2D eigenvalue weighted by molar-refractivity contribution is 5.92. The molecule has 2 heterocycles. The summed E-state index contributed by atoms with van der Waals surface area (Å²) in [5, 5.41) is 15.5. The molecule has 0 aromatic carbocycles. The van der Waals surface area contributed by atoms with E-state index in [0.29, 0.717) is 6.54 Å². The van der Waals surface area contributed by atoms with Crippen molar-refractivity contribution in [3.05, 3.63) is 41.7 Å². The fourth-order valence-corrected chi connectivity index (χ4v) is 1.74. The first kappa shape index (κ1) is 14.6. The van der Waals surface area contributed by atoms with E-state index in [1.165, 1.54) is 0 Å². The number of amides is 1. The van der Waals surface area contributed by atoms with Gasteiger partial charge in [-0.15, -0.1) is 0 Å². The number of carboxylic acids is 1. The minimum absolute atomic E-state index is 0.0985. The van der Waals surface area contributed by atoms with Crippen LogP contribution in [0.3, 0.4) is 0 Å². The van der Waals surface area contributed by atoms with Gasteiger partial charge in [0, 0.05) is 19.8 Å². The number of nitrogens with zero attached hydrogens (tertiary/aromatic N) is 4. The number of carboxylic acid groups (broad SMARTS) is 1. The molecule has 0 aliphatic heterocycles. The number of hydrogen-bond donors (Lipinski definition) is 2. The highest BCUT2D eigenvalue weighted by Gasteiger charge is 2.10. The number of nitrogens with one attached hydrogen (secondary N) is 1. The summed E-state index contributed by atoms with van der Waals surface area (Å²) in [4.78, 5) is 29.8. The van der Waals surface area contributed by atoms with E-state index >= 15 is 0 Å². The van der Waals surface area contributed by atoms with Crippen LogP contribution in [0.2, 0.25) is 0 Å².